The summed E-state index contributed by atoms with van der Waals surface area (Å²) in [6.45, 7) is 3.62. The number of carbonyl (C=O) groups is 2. The smallest absolute Gasteiger partial charge is 0.255 e. The molecule has 0 spiro atoms. The highest BCUT2D eigenvalue weighted by Gasteiger charge is 2.08. The van der Waals surface area contributed by atoms with E-state index in [0.717, 1.165) is 5.56 Å². The van der Waals surface area contributed by atoms with Gasteiger partial charge in [0.1, 0.15) is 0 Å². The third-order valence-corrected chi connectivity index (χ3v) is 4.02. The molecule has 0 aromatic heterocycles. The molecule has 0 unspecified atom stereocenters. The number of benzene rings is 2. The Hall–Kier alpha value is -2.44. The molecule has 3 N–H and O–H groups in total. The van der Waals surface area contributed by atoms with E-state index in [-0.39, 0.29) is 16.9 Å². The van der Waals surface area contributed by atoms with Crippen LogP contribution in [-0.2, 0) is 4.79 Å². The molecular weight excluding hydrogens is 358 g/mol. The maximum absolute atomic E-state index is 12.2. The van der Waals surface area contributed by atoms with Gasteiger partial charge in [0.25, 0.3) is 5.91 Å². The van der Waals surface area contributed by atoms with Crippen LogP contribution in [0.3, 0.4) is 0 Å². The average molecular weight is 376 g/mol. The number of anilines is 2. The van der Waals surface area contributed by atoms with Crippen molar-refractivity contribution in [3.8, 4) is 0 Å². The Balaban J connectivity index is 1.97. The second kappa shape index (κ2) is 8.60. The molecule has 25 heavy (non-hydrogen) atoms. The molecule has 0 bridgehead atoms. The van der Waals surface area contributed by atoms with Crippen LogP contribution in [0.2, 0.25) is 5.02 Å². The standard InChI is InChI=1S/C18H18ClN3O2S/c1-3-16(23)22-18(25)21-14-8-6-13(7-9-14)20-17(24)12-5-4-11(2)15(19)10-12/h4-10H,3H2,1-2H3,(H,20,24)(H2,21,22,23,25). The zero-order valence-corrected chi connectivity index (χ0v) is 15.4. The SMILES string of the molecule is CCC(=O)NC(=S)Nc1ccc(NC(=O)c2ccc(C)c(Cl)c2)cc1. The minimum absolute atomic E-state index is 0.154. The summed E-state index contributed by atoms with van der Waals surface area (Å²) in [5.41, 5.74) is 2.74. The van der Waals surface area contributed by atoms with Crippen LogP contribution >= 0.6 is 23.8 Å². The van der Waals surface area contributed by atoms with Gasteiger partial charge in [-0.05, 0) is 61.1 Å². The maximum Gasteiger partial charge on any atom is 0.255 e. The topological polar surface area (TPSA) is 70.2 Å². The fraction of sp³-hybridized carbons (Fsp3) is 0.167. The van der Waals surface area contributed by atoms with E-state index in [4.69, 9.17) is 23.8 Å². The van der Waals surface area contributed by atoms with Crippen LogP contribution in [0.5, 0.6) is 0 Å². The predicted molar refractivity (Wildman–Crippen MR) is 105 cm³/mol. The molecule has 0 aliphatic rings. The van der Waals surface area contributed by atoms with E-state index in [0.29, 0.717) is 28.4 Å². The molecule has 0 fully saturated rings. The first-order valence-corrected chi connectivity index (χ1v) is 8.46. The number of carbonyl (C=O) groups excluding carboxylic acids is 2. The number of thiocarbonyl (C=S) groups is 1. The number of aryl methyl sites for hydroxylation is 1. The van der Waals surface area contributed by atoms with Crippen LogP contribution < -0.4 is 16.0 Å². The van der Waals surface area contributed by atoms with Crippen molar-refractivity contribution >= 4 is 52.1 Å². The molecule has 7 heteroatoms. The van der Waals surface area contributed by atoms with E-state index in [1.54, 1.807) is 49.4 Å². The van der Waals surface area contributed by atoms with Gasteiger partial charge in [0.2, 0.25) is 5.91 Å². The molecule has 0 atom stereocenters. The van der Waals surface area contributed by atoms with Crippen LogP contribution in [-0.4, -0.2) is 16.9 Å². The normalized spacial score (nSPS) is 10.0. The monoisotopic (exact) mass is 375 g/mol. The largest absolute Gasteiger partial charge is 0.332 e. The second-order valence-electron chi connectivity index (χ2n) is 5.35. The molecule has 0 heterocycles. The number of hydrogen-bond acceptors (Lipinski definition) is 3. The average Bonchev–Trinajstić information content (AvgIpc) is 2.58. The minimum Gasteiger partial charge on any atom is -0.332 e. The van der Waals surface area contributed by atoms with Gasteiger partial charge in [-0.25, -0.2) is 0 Å². The van der Waals surface area contributed by atoms with E-state index < -0.39 is 0 Å². The molecule has 0 saturated heterocycles. The summed E-state index contributed by atoms with van der Waals surface area (Å²) in [5, 5.41) is 9.04. The van der Waals surface area contributed by atoms with Crippen molar-refractivity contribution in [3.05, 3.63) is 58.6 Å². The van der Waals surface area contributed by atoms with Crippen LogP contribution in [0.1, 0.15) is 29.3 Å². The Labute approximate surface area is 156 Å². The van der Waals surface area contributed by atoms with Gasteiger partial charge in [-0.3, -0.25) is 9.59 Å². The number of rotatable bonds is 4. The Morgan fingerprint density at radius 2 is 1.64 bits per heavy atom. The number of nitrogens with one attached hydrogen (secondary N) is 3. The van der Waals surface area contributed by atoms with E-state index in [2.05, 4.69) is 16.0 Å². The Bertz CT molecular complexity index is 806. The van der Waals surface area contributed by atoms with Gasteiger partial charge < -0.3 is 16.0 Å². The fourth-order valence-electron chi connectivity index (χ4n) is 1.95. The van der Waals surface area contributed by atoms with Crippen molar-refractivity contribution < 1.29 is 9.59 Å². The second-order valence-corrected chi connectivity index (χ2v) is 6.17. The lowest BCUT2D eigenvalue weighted by Crippen LogP contribution is -2.33. The highest BCUT2D eigenvalue weighted by molar-refractivity contribution is 7.80. The van der Waals surface area contributed by atoms with Crippen molar-refractivity contribution in [2.75, 3.05) is 10.6 Å². The molecule has 0 saturated carbocycles. The van der Waals surface area contributed by atoms with Crippen molar-refractivity contribution in [1.29, 1.82) is 0 Å². The molecule has 0 aliphatic carbocycles. The highest BCUT2D eigenvalue weighted by atomic mass is 35.5. The van der Waals surface area contributed by atoms with E-state index >= 15 is 0 Å². The summed E-state index contributed by atoms with van der Waals surface area (Å²) in [6, 6.07) is 12.1. The molecule has 2 amide bonds. The van der Waals surface area contributed by atoms with Crippen molar-refractivity contribution in [1.82, 2.24) is 5.32 Å². The quantitative estimate of drug-likeness (QED) is 0.703. The summed E-state index contributed by atoms with van der Waals surface area (Å²) in [6.07, 6.45) is 0.357. The van der Waals surface area contributed by atoms with Gasteiger partial charge in [0, 0.05) is 28.4 Å². The lowest BCUT2D eigenvalue weighted by molar-refractivity contribution is -0.119. The lowest BCUT2D eigenvalue weighted by Gasteiger charge is -2.10. The van der Waals surface area contributed by atoms with Crippen LogP contribution in [0.25, 0.3) is 0 Å². The first-order chi connectivity index (χ1) is 11.9. The highest BCUT2D eigenvalue weighted by Crippen LogP contribution is 2.19. The zero-order chi connectivity index (χ0) is 18.4. The van der Waals surface area contributed by atoms with Crippen LogP contribution in [0, 0.1) is 6.92 Å². The fourth-order valence-corrected chi connectivity index (χ4v) is 2.36. The lowest BCUT2D eigenvalue weighted by atomic mass is 10.1. The van der Waals surface area contributed by atoms with Crippen molar-refractivity contribution in [2.45, 2.75) is 20.3 Å². The number of hydrogen-bond donors (Lipinski definition) is 3. The van der Waals surface area contributed by atoms with E-state index in [9.17, 15) is 9.59 Å². The van der Waals surface area contributed by atoms with Gasteiger partial charge in [-0.2, -0.15) is 0 Å². The third kappa shape index (κ3) is 5.55. The Morgan fingerprint density at radius 1 is 1.04 bits per heavy atom. The molecule has 2 aromatic carbocycles. The Morgan fingerprint density at radius 3 is 2.20 bits per heavy atom. The molecule has 0 radical (unpaired) electrons. The summed E-state index contributed by atoms with van der Waals surface area (Å²) in [5.74, 6) is -0.397. The van der Waals surface area contributed by atoms with Gasteiger partial charge in [-0.15, -0.1) is 0 Å². The third-order valence-electron chi connectivity index (χ3n) is 3.41. The molecule has 2 rings (SSSR count). The molecular formula is C18H18ClN3O2S. The van der Waals surface area contributed by atoms with Gasteiger partial charge in [-0.1, -0.05) is 24.6 Å². The number of halogens is 1. The van der Waals surface area contributed by atoms with Crippen LogP contribution in [0.15, 0.2) is 42.5 Å². The van der Waals surface area contributed by atoms with E-state index in [1.807, 2.05) is 6.92 Å². The first kappa shape index (κ1) is 18.9. The van der Waals surface area contributed by atoms with Gasteiger partial charge >= 0.3 is 0 Å². The van der Waals surface area contributed by atoms with Gasteiger partial charge in [0.15, 0.2) is 5.11 Å². The first-order valence-electron chi connectivity index (χ1n) is 7.67. The maximum atomic E-state index is 12.2. The van der Waals surface area contributed by atoms with Crippen molar-refractivity contribution in [2.24, 2.45) is 0 Å². The number of amides is 2. The summed E-state index contributed by atoms with van der Waals surface area (Å²) < 4.78 is 0. The Kier molecular flexibility index (Phi) is 6.50. The molecule has 2 aromatic rings. The minimum atomic E-state index is -0.242. The molecule has 0 aliphatic heterocycles. The summed E-state index contributed by atoms with van der Waals surface area (Å²) in [7, 11) is 0. The van der Waals surface area contributed by atoms with Crippen molar-refractivity contribution in [3.63, 3.8) is 0 Å². The molecule has 130 valence electrons. The zero-order valence-electron chi connectivity index (χ0n) is 13.9. The summed E-state index contributed by atoms with van der Waals surface area (Å²) in [4.78, 5) is 23.5. The molecule has 5 nitrogen and oxygen atoms in total. The van der Waals surface area contributed by atoms with Crippen LogP contribution in [0.4, 0.5) is 11.4 Å². The summed E-state index contributed by atoms with van der Waals surface area (Å²) >= 11 is 11.1. The predicted octanol–water partition coefficient (Wildman–Crippen LogP) is 4.12. The van der Waals surface area contributed by atoms with Gasteiger partial charge in [0.05, 0.1) is 0 Å². The van der Waals surface area contributed by atoms with E-state index in [1.165, 1.54) is 0 Å².